The fourth-order valence-corrected chi connectivity index (χ4v) is 1.56. The molecule has 6 nitrogen and oxygen atoms in total. The smallest absolute Gasteiger partial charge is 0.328 e. The van der Waals surface area contributed by atoms with Crippen molar-refractivity contribution in [2.75, 3.05) is 6.61 Å². The highest BCUT2D eigenvalue weighted by atomic mass is 16.4. The zero-order valence-corrected chi connectivity index (χ0v) is 10.5. The fraction of sp³-hybridized carbons (Fsp3) is 0.385. The number of aliphatic carboxylic acids is 1. The number of carbonyl (C=O) groups is 2. The quantitative estimate of drug-likeness (QED) is 0.532. The molecule has 0 bridgehead atoms. The Balaban J connectivity index is 2.42. The Hall–Kier alpha value is -1.92. The minimum absolute atomic E-state index is 0.410. The molecule has 1 rings (SSSR count). The Bertz CT molecular complexity index is 422. The molecule has 0 aliphatic heterocycles. The molecule has 0 saturated carbocycles. The molecular formula is C13H18N2O4. The lowest BCUT2D eigenvalue weighted by Gasteiger charge is -2.16. The molecule has 0 saturated heterocycles. The van der Waals surface area contributed by atoms with E-state index >= 15 is 0 Å². The first-order valence-electron chi connectivity index (χ1n) is 5.98. The summed E-state index contributed by atoms with van der Waals surface area (Å²) in [6.07, 6.45) is 1.04. The first kappa shape index (κ1) is 15.1. The lowest BCUT2D eigenvalue weighted by Crippen LogP contribution is -2.50. The van der Waals surface area contributed by atoms with Crippen LogP contribution in [0.4, 0.5) is 0 Å². The lowest BCUT2D eigenvalue weighted by molar-refractivity contribution is -0.143. The molecule has 1 amide bonds. The molecule has 1 aromatic rings. The van der Waals surface area contributed by atoms with Crippen LogP contribution in [-0.2, 0) is 16.0 Å². The summed E-state index contributed by atoms with van der Waals surface area (Å²) in [6, 6.07) is 7.44. The van der Waals surface area contributed by atoms with Gasteiger partial charge in [0.05, 0.1) is 12.6 Å². The number of hydrogen-bond donors (Lipinski definition) is 4. The summed E-state index contributed by atoms with van der Waals surface area (Å²) < 4.78 is 0. The average molecular weight is 266 g/mol. The van der Waals surface area contributed by atoms with Crippen LogP contribution in [0.25, 0.3) is 0 Å². The van der Waals surface area contributed by atoms with E-state index in [1.54, 1.807) is 0 Å². The predicted molar refractivity (Wildman–Crippen MR) is 69.4 cm³/mol. The normalized spacial score (nSPS) is 13.6. The third-order valence-electron chi connectivity index (χ3n) is 2.72. The van der Waals surface area contributed by atoms with Crippen molar-refractivity contribution in [3.05, 3.63) is 35.9 Å². The van der Waals surface area contributed by atoms with Gasteiger partial charge in [0.15, 0.2) is 0 Å². The van der Waals surface area contributed by atoms with Gasteiger partial charge in [-0.2, -0.15) is 0 Å². The first-order valence-corrected chi connectivity index (χ1v) is 5.98. The molecule has 104 valence electrons. The zero-order valence-electron chi connectivity index (χ0n) is 10.5. The molecule has 0 fully saturated rings. The van der Waals surface area contributed by atoms with Crippen molar-refractivity contribution in [1.29, 1.82) is 0 Å². The Morgan fingerprint density at radius 1 is 1.26 bits per heavy atom. The number of hydrogen-bond acceptors (Lipinski definition) is 4. The summed E-state index contributed by atoms with van der Waals surface area (Å²) in [5.41, 5.74) is 6.74. The monoisotopic (exact) mass is 266 g/mol. The van der Waals surface area contributed by atoms with Crippen molar-refractivity contribution in [3.8, 4) is 0 Å². The maximum atomic E-state index is 11.6. The number of benzene rings is 1. The summed E-state index contributed by atoms with van der Waals surface area (Å²) in [6.45, 7) is -0.660. The average Bonchev–Trinajstić information content (AvgIpc) is 2.42. The van der Waals surface area contributed by atoms with E-state index < -0.39 is 30.6 Å². The number of aliphatic hydroxyl groups is 1. The summed E-state index contributed by atoms with van der Waals surface area (Å²) in [5.74, 6) is -1.86. The van der Waals surface area contributed by atoms with E-state index in [0.717, 1.165) is 5.56 Å². The molecule has 0 radical (unpaired) electrons. The third-order valence-corrected chi connectivity index (χ3v) is 2.72. The minimum Gasteiger partial charge on any atom is -0.480 e. The number of carboxylic acids is 1. The molecule has 0 heterocycles. The Kier molecular flexibility index (Phi) is 5.98. The molecule has 0 aliphatic rings. The van der Waals surface area contributed by atoms with Crippen molar-refractivity contribution in [2.24, 2.45) is 5.73 Å². The van der Waals surface area contributed by atoms with Crippen LogP contribution in [0.1, 0.15) is 12.0 Å². The van der Waals surface area contributed by atoms with Gasteiger partial charge in [0.1, 0.15) is 6.04 Å². The van der Waals surface area contributed by atoms with Gasteiger partial charge in [-0.25, -0.2) is 4.79 Å². The topological polar surface area (TPSA) is 113 Å². The number of amides is 1. The molecule has 5 N–H and O–H groups in total. The number of rotatable bonds is 7. The van der Waals surface area contributed by atoms with Crippen LogP contribution in [0.3, 0.4) is 0 Å². The molecular weight excluding hydrogens is 248 g/mol. The van der Waals surface area contributed by atoms with E-state index in [4.69, 9.17) is 15.9 Å². The second-order valence-electron chi connectivity index (χ2n) is 4.21. The van der Waals surface area contributed by atoms with Gasteiger partial charge in [0.2, 0.25) is 5.91 Å². The minimum atomic E-state index is -1.31. The van der Waals surface area contributed by atoms with Crippen molar-refractivity contribution < 1.29 is 19.8 Å². The number of aliphatic hydroxyl groups excluding tert-OH is 1. The molecule has 1 unspecified atom stereocenters. The SMILES string of the molecule is NC(CCc1ccccc1)C(=O)N[C@@H](CO)C(=O)O. The number of carboxylic acid groups (broad SMARTS) is 1. The van der Waals surface area contributed by atoms with Crippen molar-refractivity contribution >= 4 is 11.9 Å². The van der Waals surface area contributed by atoms with Crippen LogP contribution in [0.2, 0.25) is 0 Å². The fourth-order valence-electron chi connectivity index (χ4n) is 1.56. The van der Waals surface area contributed by atoms with Gasteiger partial charge in [0.25, 0.3) is 0 Å². The highest BCUT2D eigenvalue weighted by Crippen LogP contribution is 2.04. The molecule has 2 atom stereocenters. The Morgan fingerprint density at radius 3 is 2.42 bits per heavy atom. The van der Waals surface area contributed by atoms with Crippen molar-refractivity contribution in [2.45, 2.75) is 24.9 Å². The van der Waals surface area contributed by atoms with E-state index in [2.05, 4.69) is 5.32 Å². The largest absolute Gasteiger partial charge is 0.480 e. The van der Waals surface area contributed by atoms with Crippen LogP contribution in [0.15, 0.2) is 30.3 Å². The van der Waals surface area contributed by atoms with Crippen LogP contribution in [-0.4, -0.2) is 40.8 Å². The van der Waals surface area contributed by atoms with Crippen LogP contribution in [0.5, 0.6) is 0 Å². The van der Waals surface area contributed by atoms with Gasteiger partial charge in [-0.15, -0.1) is 0 Å². The van der Waals surface area contributed by atoms with Crippen LogP contribution < -0.4 is 11.1 Å². The lowest BCUT2D eigenvalue weighted by atomic mass is 10.1. The van der Waals surface area contributed by atoms with E-state index in [0.29, 0.717) is 12.8 Å². The van der Waals surface area contributed by atoms with Gasteiger partial charge in [-0.3, -0.25) is 4.79 Å². The van der Waals surface area contributed by atoms with E-state index in [-0.39, 0.29) is 0 Å². The number of carbonyl (C=O) groups excluding carboxylic acids is 1. The van der Waals surface area contributed by atoms with Crippen molar-refractivity contribution in [1.82, 2.24) is 5.32 Å². The molecule has 19 heavy (non-hydrogen) atoms. The van der Waals surface area contributed by atoms with Gasteiger partial charge in [-0.1, -0.05) is 30.3 Å². The summed E-state index contributed by atoms with van der Waals surface area (Å²) in [4.78, 5) is 22.3. The second-order valence-corrected chi connectivity index (χ2v) is 4.21. The van der Waals surface area contributed by atoms with E-state index in [1.165, 1.54) is 0 Å². The maximum Gasteiger partial charge on any atom is 0.328 e. The van der Waals surface area contributed by atoms with E-state index in [9.17, 15) is 9.59 Å². The maximum absolute atomic E-state index is 11.6. The Labute approximate surface area is 111 Å². The summed E-state index contributed by atoms with van der Waals surface area (Å²) >= 11 is 0. The van der Waals surface area contributed by atoms with Gasteiger partial charge in [-0.05, 0) is 18.4 Å². The number of aryl methyl sites for hydroxylation is 1. The highest BCUT2D eigenvalue weighted by Gasteiger charge is 2.22. The summed E-state index contributed by atoms with van der Waals surface area (Å²) in [5, 5.41) is 19.7. The van der Waals surface area contributed by atoms with Crippen LogP contribution in [0, 0.1) is 0 Å². The van der Waals surface area contributed by atoms with E-state index in [1.807, 2.05) is 30.3 Å². The standard InChI is InChI=1S/C13H18N2O4/c14-10(7-6-9-4-2-1-3-5-9)12(17)15-11(8-16)13(18)19/h1-5,10-11,16H,6-8,14H2,(H,15,17)(H,18,19)/t10?,11-/m0/s1. The molecule has 0 aliphatic carbocycles. The number of nitrogens with one attached hydrogen (secondary N) is 1. The summed E-state index contributed by atoms with van der Waals surface area (Å²) in [7, 11) is 0. The van der Waals surface area contributed by atoms with Crippen LogP contribution >= 0.6 is 0 Å². The second kappa shape index (κ2) is 7.50. The molecule has 0 spiro atoms. The van der Waals surface area contributed by atoms with Crippen molar-refractivity contribution in [3.63, 3.8) is 0 Å². The molecule has 1 aromatic carbocycles. The molecule has 0 aromatic heterocycles. The van der Waals surface area contributed by atoms with Gasteiger partial charge < -0.3 is 21.3 Å². The third kappa shape index (κ3) is 5.07. The highest BCUT2D eigenvalue weighted by molar-refractivity contribution is 5.86. The Morgan fingerprint density at radius 2 is 1.89 bits per heavy atom. The number of nitrogens with two attached hydrogens (primary N) is 1. The zero-order chi connectivity index (χ0) is 14.3. The first-order chi connectivity index (χ1) is 9.04. The molecule has 6 heteroatoms. The predicted octanol–water partition coefficient (Wildman–Crippen LogP) is -0.492. The van der Waals surface area contributed by atoms with Gasteiger partial charge >= 0.3 is 5.97 Å². The van der Waals surface area contributed by atoms with Gasteiger partial charge in [0, 0.05) is 0 Å².